The summed E-state index contributed by atoms with van der Waals surface area (Å²) in [5.41, 5.74) is -2.13. The van der Waals surface area contributed by atoms with Crippen LogP contribution >= 0.6 is 0 Å². The zero-order valence-electron chi connectivity index (χ0n) is 11.0. The maximum absolute atomic E-state index is 14.1. The average Bonchev–Trinajstić information content (AvgIpc) is 3.23. The minimum absolute atomic E-state index is 0.0473. The molecular formula is C13H12F4N4. The smallest absolute Gasteiger partial charge is 0.283 e. The van der Waals surface area contributed by atoms with Gasteiger partial charge in [0.15, 0.2) is 5.69 Å². The van der Waals surface area contributed by atoms with Crippen molar-refractivity contribution in [3.05, 3.63) is 17.6 Å². The molecule has 0 unspecified atom stereocenters. The van der Waals surface area contributed by atoms with Gasteiger partial charge in [0.2, 0.25) is 0 Å². The van der Waals surface area contributed by atoms with Gasteiger partial charge >= 0.3 is 0 Å². The van der Waals surface area contributed by atoms with E-state index < -0.39 is 35.7 Å². The van der Waals surface area contributed by atoms with Crippen LogP contribution in [0.2, 0.25) is 0 Å². The predicted octanol–water partition coefficient (Wildman–Crippen LogP) is 2.91. The summed E-state index contributed by atoms with van der Waals surface area (Å²) in [6.07, 6.45) is -0.511. The molecule has 0 amide bonds. The van der Waals surface area contributed by atoms with Gasteiger partial charge in [0.05, 0.1) is 12.7 Å². The number of alkyl halides is 4. The third-order valence-electron chi connectivity index (χ3n) is 4.30. The van der Waals surface area contributed by atoms with Crippen molar-refractivity contribution >= 4 is 5.82 Å². The molecule has 2 heterocycles. The van der Waals surface area contributed by atoms with Gasteiger partial charge in [0, 0.05) is 12.0 Å². The van der Waals surface area contributed by atoms with Gasteiger partial charge in [0.1, 0.15) is 17.6 Å². The molecule has 3 rings (SSSR count). The normalized spacial score (nSPS) is 22.4. The van der Waals surface area contributed by atoms with Crippen molar-refractivity contribution in [2.75, 3.05) is 18.0 Å². The lowest BCUT2D eigenvalue weighted by Gasteiger charge is -2.39. The SMILES string of the molecule is N#Cc1nc(N2CCC3(CC3)C(F)(F)C2)cnc1C(F)F. The monoisotopic (exact) mass is 300 g/mol. The minimum Gasteiger partial charge on any atom is -0.349 e. The molecule has 0 aromatic carbocycles. The van der Waals surface area contributed by atoms with Gasteiger partial charge in [-0.1, -0.05) is 0 Å². The molecule has 0 atom stereocenters. The summed E-state index contributed by atoms with van der Waals surface area (Å²) >= 11 is 0. The Morgan fingerprint density at radius 1 is 1.29 bits per heavy atom. The molecule has 1 aliphatic heterocycles. The number of rotatable bonds is 2. The predicted molar refractivity (Wildman–Crippen MR) is 65.1 cm³/mol. The van der Waals surface area contributed by atoms with E-state index in [4.69, 9.17) is 5.26 Å². The first-order valence-corrected chi connectivity index (χ1v) is 6.56. The summed E-state index contributed by atoms with van der Waals surface area (Å²) < 4.78 is 53.5. The van der Waals surface area contributed by atoms with E-state index in [1.807, 2.05) is 0 Å². The molecule has 1 aromatic rings. The molecule has 1 saturated carbocycles. The number of nitriles is 1. The summed E-state index contributed by atoms with van der Waals surface area (Å²) in [6, 6.07) is 1.54. The van der Waals surface area contributed by atoms with Gasteiger partial charge in [-0.2, -0.15) is 5.26 Å². The van der Waals surface area contributed by atoms with Gasteiger partial charge in [-0.15, -0.1) is 0 Å². The van der Waals surface area contributed by atoms with Crippen molar-refractivity contribution in [3.63, 3.8) is 0 Å². The third kappa shape index (κ3) is 2.20. The van der Waals surface area contributed by atoms with Crippen molar-refractivity contribution < 1.29 is 17.6 Å². The second-order valence-electron chi connectivity index (χ2n) is 5.53. The summed E-state index contributed by atoms with van der Waals surface area (Å²) in [7, 11) is 0. The van der Waals surface area contributed by atoms with E-state index in [0.717, 1.165) is 6.20 Å². The number of piperidine rings is 1. The Balaban J connectivity index is 1.87. The number of hydrogen-bond donors (Lipinski definition) is 0. The molecule has 2 aliphatic rings. The summed E-state index contributed by atoms with van der Waals surface area (Å²) in [6.45, 7) is -0.149. The molecular weight excluding hydrogens is 288 g/mol. The van der Waals surface area contributed by atoms with Crippen molar-refractivity contribution in [1.82, 2.24) is 9.97 Å². The lowest BCUT2D eigenvalue weighted by Crippen LogP contribution is -2.50. The van der Waals surface area contributed by atoms with Gasteiger partial charge in [-0.05, 0) is 19.3 Å². The highest BCUT2D eigenvalue weighted by Crippen LogP contribution is 2.61. The fourth-order valence-electron chi connectivity index (χ4n) is 2.76. The van der Waals surface area contributed by atoms with Gasteiger partial charge in [-0.25, -0.2) is 27.5 Å². The van der Waals surface area contributed by atoms with Crippen LogP contribution in [-0.4, -0.2) is 29.0 Å². The van der Waals surface area contributed by atoms with Crippen molar-refractivity contribution in [2.24, 2.45) is 5.41 Å². The van der Waals surface area contributed by atoms with Crippen molar-refractivity contribution in [2.45, 2.75) is 31.6 Å². The maximum atomic E-state index is 14.1. The van der Waals surface area contributed by atoms with E-state index in [1.165, 1.54) is 11.0 Å². The number of anilines is 1. The highest BCUT2D eigenvalue weighted by atomic mass is 19.3. The van der Waals surface area contributed by atoms with E-state index in [0.29, 0.717) is 25.8 Å². The zero-order chi connectivity index (χ0) is 15.3. The summed E-state index contributed by atoms with van der Waals surface area (Å²) in [5.74, 6) is -2.78. The lowest BCUT2D eigenvalue weighted by atomic mass is 9.89. The molecule has 1 aliphatic carbocycles. The van der Waals surface area contributed by atoms with Crippen LogP contribution < -0.4 is 4.90 Å². The molecule has 0 N–H and O–H groups in total. The standard InChI is InChI=1S/C13H12F4N4/c14-11(15)10-8(5-18)20-9(6-19-10)21-4-3-12(1-2-12)13(16,17)7-21/h6,11H,1-4,7H2. The molecule has 1 spiro atoms. The molecule has 1 aromatic heterocycles. The van der Waals surface area contributed by atoms with Crippen LogP contribution in [-0.2, 0) is 0 Å². The van der Waals surface area contributed by atoms with Crippen LogP contribution in [0.4, 0.5) is 23.4 Å². The van der Waals surface area contributed by atoms with E-state index in [9.17, 15) is 17.6 Å². The molecule has 2 fully saturated rings. The van der Waals surface area contributed by atoms with Crippen LogP contribution in [0.5, 0.6) is 0 Å². The van der Waals surface area contributed by atoms with Crippen LogP contribution in [0.15, 0.2) is 6.20 Å². The molecule has 8 heteroatoms. The number of halogens is 4. The van der Waals surface area contributed by atoms with Crippen LogP contribution in [0.25, 0.3) is 0 Å². The summed E-state index contributed by atoms with van der Waals surface area (Å²) in [4.78, 5) is 8.57. The number of nitrogens with zero attached hydrogens (tertiary/aromatic N) is 4. The van der Waals surface area contributed by atoms with Crippen molar-refractivity contribution in [1.29, 1.82) is 5.26 Å². The Bertz CT molecular complexity index is 607. The molecule has 4 nitrogen and oxygen atoms in total. The van der Waals surface area contributed by atoms with Gasteiger partial charge in [0.25, 0.3) is 12.3 Å². The number of aromatic nitrogens is 2. The van der Waals surface area contributed by atoms with Gasteiger partial charge < -0.3 is 4.90 Å². The largest absolute Gasteiger partial charge is 0.349 e. The first-order chi connectivity index (χ1) is 9.88. The first-order valence-electron chi connectivity index (χ1n) is 6.56. The highest BCUT2D eigenvalue weighted by Gasteiger charge is 2.63. The first kappa shape index (κ1) is 14.0. The van der Waals surface area contributed by atoms with E-state index >= 15 is 0 Å². The fourth-order valence-corrected chi connectivity index (χ4v) is 2.76. The van der Waals surface area contributed by atoms with Crippen LogP contribution in [0.1, 0.15) is 37.1 Å². The molecule has 1 saturated heterocycles. The van der Waals surface area contributed by atoms with E-state index in [-0.39, 0.29) is 5.82 Å². The zero-order valence-corrected chi connectivity index (χ0v) is 11.0. The third-order valence-corrected chi connectivity index (χ3v) is 4.30. The summed E-state index contributed by atoms with van der Waals surface area (Å²) in [5, 5.41) is 8.83. The van der Waals surface area contributed by atoms with E-state index in [2.05, 4.69) is 9.97 Å². The molecule has 0 bridgehead atoms. The maximum Gasteiger partial charge on any atom is 0.283 e. The second kappa shape index (κ2) is 4.55. The number of hydrogen-bond acceptors (Lipinski definition) is 4. The Labute approximate surface area is 118 Å². The Morgan fingerprint density at radius 2 is 2.00 bits per heavy atom. The molecule has 21 heavy (non-hydrogen) atoms. The molecule has 112 valence electrons. The Hall–Kier alpha value is -1.91. The second-order valence-corrected chi connectivity index (χ2v) is 5.53. The lowest BCUT2D eigenvalue weighted by molar-refractivity contribution is -0.0795. The van der Waals surface area contributed by atoms with Crippen LogP contribution in [0.3, 0.4) is 0 Å². The quantitative estimate of drug-likeness (QED) is 0.788. The van der Waals surface area contributed by atoms with E-state index in [1.54, 1.807) is 0 Å². The topological polar surface area (TPSA) is 52.8 Å². The van der Waals surface area contributed by atoms with Crippen LogP contribution in [0, 0.1) is 16.7 Å². The van der Waals surface area contributed by atoms with Gasteiger partial charge in [-0.3, -0.25) is 0 Å². The molecule has 0 radical (unpaired) electrons. The Kier molecular flexibility index (Phi) is 3.04. The fraction of sp³-hybridized carbons (Fsp3) is 0.615. The minimum atomic E-state index is -2.92. The Morgan fingerprint density at radius 3 is 2.52 bits per heavy atom. The van der Waals surface area contributed by atoms with Crippen molar-refractivity contribution in [3.8, 4) is 6.07 Å². The average molecular weight is 300 g/mol. The highest BCUT2D eigenvalue weighted by molar-refractivity contribution is 5.43.